The number of nitrogens with two attached hydrogens (primary N) is 1. The van der Waals surface area contributed by atoms with Gasteiger partial charge in [-0.15, -0.1) is 12.4 Å². The van der Waals surface area contributed by atoms with E-state index in [1.165, 1.54) is 18.4 Å². The van der Waals surface area contributed by atoms with Crippen LogP contribution in [0.2, 0.25) is 5.02 Å². The summed E-state index contributed by atoms with van der Waals surface area (Å²) in [5, 5.41) is 3.68. The van der Waals surface area contributed by atoms with Gasteiger partial charge in [0.1, 0.15) is 0 Å². The highest BCUT2D eigenvalue weighted by Gasteiger charge is 2.35. The van der Waals surface area contributed by atoms with E-state index in [-0.39, 0.29) is 30.3 Å². The number of rotatable bonds is 4. The number of carbonyl (C=O) groups excluding carboxylic acids is 1. The van der Waals surface area contributed by atoms with Crippen molar-refractivity contribution in [3.05, 3.63) is 34.9 Å². The van der Waals surface area contributed by atoms with E-state index in [2.05, 4.69) is 11.4 Å². The van der Waals surface area contributed by atoms with E-state index in [9.17, 15) is 4.79 Å². The van der Waals surface area contributed by atoms with Crippen LogP contribution in [0.4, 0.5) is 0 Å². The minimum Gasteiger partial charge on any atom is -0.354 e. The molecule has 1 amide bonds. The molecule has 1 fully saturated rings. The third kappa shape index (κ3) is 3.85. The highest BCUT2D eigenvalue weighted by molar-refractivity contribution is 6.30. The Kier molecular flexibility index (Phi) is 6.11. The summed E-state index contributed by atoms with van der Waals surface area (Å²) in [5.41, 5.74) is 6.59. The van der Waals surface area contributed by atoms with Crippen molar-refractivity contribution in [2.45, 2.75) is 31.1 Å². The molecular formula is C14H20Cl2N2O. The normalized spacial score (nSPS) is 16.7. The van der Waals surface area contributed by atoms with Gasteiger partial charge < -0.3 is 11.1 Å². The van der Waals surface area contributed by atoms with Crippen molar-refractivity contribution in [2.24, 2.45) is 5.73 Å². The molecule has 0 spiro atoms. The summed E-state index contributed by atoms with van der Waals surface area (Å²) in [6, 6.07) is 7.97. The lowest BCUT2D eigenvalue weighted by Gasteiger charge is -2.30. The van der Waals surface area contributed by atoms with Gasteiger partial charge in [0.05, 0.1) is 6.54 Å². The minimum atomic E-state index is -0.0942. The molecule has 2 rings (SSSR count). The van der Waals surface area contributed by atoms with Gasteiger partial charge in [-0.1, -0.05) is 36.6 Å². The quantitative estimate of drug-likeness (QED) is 0.898. The van der Waals surface area contributed by atoms with Gasteiger partial charge in [0, 0.05) is 17.0 Å². The first kappa shape index (κ1) is 16.3. The Bertz CT molecular complexity index is 431. The van der Waals surface area contributed by atoms with Crippen molar-refractivity contribution in [3.8, 4) is 0 Å². The van der Waals surface area contributed by atoms with E-state index in [0.717, 1.165) is 17.9 Å². The molecule has 0 aromatic heterocycles. The fourth-order valence-electron chi connectivity index (χ4n) is 2.78. The zero-order valence-electron chi connectivity index (χ0n) is 10.8. The van der Waals surface area contributed by atoms with Gasteiger partial charge >= 0.3 is 0 Å². The third-order valence-electron chi connectivity index (χ3n) is 3.81. The molecule has 1 aromatic carbocycles. The lowest BCUT2D eigenvalue weighted by Crippen LogP contribution is -2.41. The van der Waals surface area contributed by atoms with Crippen LogP contribution in [0.1, 0.15) is 31.2 Å². The number of amides is 1. The lowest BCUT2D eigenvalue weighted by atomic mass is 9.79. The van der Waals surface area contributed by atoms with Crippen molar-refractivity contribution in [1.82, 2.24) is 5.32 Å². The average Bonchev–Trinajstić information content (AvgIpc) is 2.86. The highest BCUT2D eigenvalue weighted by Crippen LogP contribution is 2.41. The molecule has 0 heterocycles. The third-order valence-corrected chi connectivity index (χ3v) is 4.04. The Morgan fingerprint density at radius 2 is 2.05 bits per heavy atom. The highest BCUT2D eigenvalue weighted by atomic mass is 35.5. The number of hydrogen-bond donors (Lipinski definition) is 2. The van der Waals surface area contributed by atoms with E-state index in [1.54, 1.807) is 0 Å². The molecule has 0 aliphatic heterocycles. The van der Waals surface area contributed by atoms with Crippen molar-refractivity contribution < 1.29 is 4.79 Å². The molecule has 0 radical (unpaired) electrons. The van der Waals surface area contributed by atoms with E-state index in [1.807, 2.05) is 18.2 Å². The largest absolute Gasteiger partial charge is 0.354 e. The fraction of sp³-hybridized carbons (Fsp3) is 0.500. The Labute approximate surface area is 125 Å². The summed E-state index contributed by atoms with van der Waals surface area (Å²) in [5.74, 6) is -0.0942. The number of halogens is 2. The van der Waals surface area contributed by atoms with Crippen LogP contribution in [0, 0.1) is 0 Å². The topological polar surface area (TPSA) is 55.1 Å². The second-order valence-corrected chi connectivity index (χ2v) is 5.42. The maximum absolute atomic E-state index is 11.3. The standard InChI is InChI=1S/C14H19ClN2O.ClH/c15-12-5-3-4-11(8-12)14(6-1-2-7-14)10-17-13(18)9-16;/h3-5,8H,1-2,6-7,9-10,16H2,(H,17,18);1H. The summed E-state index contributed by atoms with van der Waals surface area (Å²) < 4.78 is 0. The van der Waals surface area contributed by atoms with Gasteiger partial charge in [0.2, 0.25) is 5.91 Å². The summed E-state index contributed by atoms with van der Waals surface area (Å²) in [6.07, 6.45) is 4.59. The molecule has 3 N–H and O–H groups in total. The van der Waals surface area contributed by atoms with Crippen LogP contribution in [-0.4, -0.2) is 19.0 Å². The molecule has 0 unspecified atom stereocenters. The van der Waals surface area contributed by atoms with Crippen molar-refractivity contribution in [1.29, 1.82) is 0 Å². The Morgan fingerprint density at radius 1 is 1.37 bits per heavy atom. The molecule has 1 saturated carbocycles. The van der Waals surface area contributed by atoms with Gasteiger partial charge in [-0.05, 0) is 30.5 Å². The summed E-state index contributed by atoms with van der Waals surface area (Å²) in [7, 11) is 0. The zero-order chi connectivity index (χ0) is 13.0. The van der Waals surface area contributed by atoms with Gasteiger partial charge in [0.25, 0.3) is 0 Å². The van der Waals surface area contributed by atoms with Gasteiger partial charge in [0.15, 0.2) is 0 Å². The molecular weight excluding hydrogens is 283 g/mol. The number of carbonyl (C=O) groups is 1. The number of nitrogens with one attached hydrogen (secondary N) is 1. The lowest BCUT2D eigenvalue weighted by molar-refractivity contribution is -0.120. The first-order chi connectivity index (χ1) is 8.66. The number of benzene rings is 1. The van der Waals surface area contributed by atoms with Crippen LogP contribution < -0.4 is 11.1 Å². The second kappa shape index (κ2) is 7.13. The monoisotopic (exact) mass is 302 g/mol. The zero-order valence-corrected chi connectivity index (χ0v) is 12.4. The average molecular weight is 303 g/mol. The van der Waals surface area contributed by atoms with Crippen LogP contribution in [0.5, 0.6) is 0 Å². The van der Waals surface area contributed by atoms with Crippen LogP contribution >= 0.6 is 24.0 Å². The van der Waals surface area contributed by atoms with Gasteiger partial charge in [-0.3, -0.25) is 4.79 Å². The first-order valence-electron chi connectivity index (χ1n) is 6.39. The first-order valence-corrected chi connectivity index (χ1v) is 6.77. The van der Waals surface area contributed by atoms with Crippen LogP contribution in [0.15, 0.2) is 24.3 Å². The second-order valence-electron chi connectivity index (χ2n) is 4.98. The molecule has 0 bridgehead atoms. The summed E-state index contributed by atoms with van der Waals surface area (Å²) >= 11 is 6.07. The summed E-state index contributed by atoms with van der Waals surface area (Å²) in [4.78, 5) is 11.3. The van der Waals surface area contributed by atoms with Crippen LogP contribution in [-0.2, 0) is 10.2 Å². The molecule has 1 aliphatic carbocycles. The fourth-order valence-corrected chi connectivity index (χ4v) is 2.97. The predicted molar refractivity (Wildman–Crippen MR) is 80.9 cm³/mol. The molecule has 1 aromatic rings. The molecule has 3 nitrogen and oxygen atoms in total. The summed E-state index contributed by atoms with van der Waals surface area (Å²) in [6.45, 7) is 0.703. The molecule has 106 valence electrons. The predicted octanol–water partition coefficient (Wildman–Crippen LogP) is 2.65. The molecule has 0 atom stereocenters. The Morgan fingerprint density at radius 3 is 2.63 bits per heavy atom. The molecule has 0 saturated heterocycles. The van der Waals surface area contributed by atoms with E-state index in [4.69, 9.17) is 17.3 Å². The van der Waals surface area contributed by atoms with Crippen molar-refractivity contribution >= 4 is 29.9 Å². The van der Waals surface area contributed by atoms with Crippen molar-refractivity contribution in [3.63, 3.8) is 0 Å². The molecule has 5 heteroatoms. The van der Waals surface area contributed by atoms with Crippen molar-refractivity contribution in [2.75, 3.05) is 13.1 Å². The molecule has 1 aliphatic rings. The minimum absolute atomic E-state index is 0. The van der Waals surface area contributed by atoms with E-state index < -0.39 is 0 Å². The maximum Gasteiger partial charge on any atom is 0.233 e. The van der Waals surface area contributed by atoms with Gasteiger partial charge in [-0.2, -0.15) is 0 Å². The van der Waals surface area contributed by atoms with E-state index in [0.29, 0.717) is 6.54 Å². The Balaban J connectivity index is 0.00000180. The van der Waals surface area contributed by atoms with Gasteiger partial charge in [-0.25, -0.2) is 0 Å². The maximum atomic E-state index is 11.3. The smallest absolute Gasteiger partial charge is 0.233 e. The van der Waals surface area contributed by atoms with Crippen LogP contribution in [0.3, 0.4) is 0 Å². The molecule has 19 heavy (non-hydrogen) atoms. The number of hydrogen-bond acceptors (Lipinski definition) is 2. The SMILES string of the molecule is Cl.NCC(=O)NCC1(c2cccc(Cl)c2)CCCC1. The van der Waals surface area contributed by atoms with Crippen LogP contribution in [0.25, 0.3) is 0 Å². The van der Waals surface area contributed by atoms with E-state index >= 15 is 0 Å². The Hall–Kier alpha value is -0.770.